The van der Waals surface area contributed by atoms with Crippen LogP contribution < -0.4 is 4.74 Å². The van der Waals surface area contributed by atoms with Crippen LogP contribution in [0.2, 0.25) is 0 Å². The van der Waals surface area contributed by atoms with Gasteiger partial charge in [-0.2, -0.15) is 5.10 Å². The molecule has 0 saturated carbocycles. The van der Waals surface area contributed by atoms with E-state index in [2.05, 4.69) is 47.2 Å². The molecule has 0 aliphatic carbocycles. The molecule has 2 N–H and O–H groups in total. The highest BCUT2D eigenvalue weighted by Gasteiger charge is 2.17. The van der Waals surface area contributed by atoms with Crippen LogP contribution in [0.5, 0.6) is 5.75 Å². The Morgan fingerprint density at radius 2 is 1.95 bits per heavy atom. The van der Waals surface area contributed by atoms with Crippen molar-refractivity contribution >= 4 is 22.1 Å². The molecule has 6 heterocycles. The number of rotatable bonds is 7. The van der Waals surface area contributed by atoms with Gasteiger partial charge in [0, 0.05) is 36.1 Å². The van der Waals surface area contributed by atoms with Crippen molar-refractivity contribution in [2.75, 3.05) is 26.2 Å². The largest absolute Gasteiger partial charge is 0.491 e. The third-order valence-electron chi connectivity index (χ3n) is 7.06. The van der Waals surface area contributed by atoms with Crippen molar-refractivity contribution in [3.8, 4) is 34.1 Å². The van der Waals surface area contributed by atoms with Gasteiger partial charge in [0.15, 0.2) is 11.5 Å². The second-order valence-electron chi connectivity index (χ2n) is 9.67. The van der Waals surface area contributed by atoms with Crippen molar-refractivity contribution in [2.45, 2.75) is 19.8 Å². The van der Waals surface area contributed by atoms with Crippen LogP contribution in [-0.4, -0.2) is 70.8 Å². The molecule has 7 rings (SSSR count). The molecule has 0 bridgehead atoms. The first-order chi connectivity index (χ1) is 18.7. The molecule has 38 heavy (non-hydrogen) atoms. The van der Waals surface area contributed by atoms with E-state index in [4.69, 9.17) is 9.72 Å². The van der Waals surface area contributed by atoms with Gasteiger partial charge < -0.3 is 14.3 Å². The summed E-state index contributed by atoms with van der Waals surface area (Å²) in [7, 11) is 0. The number of ether oxygens (including phenoxy) is 1. The Morgan fingerprint density at radius 1 is 1.03 bits per heavy atom. The number of likely N-dealkylation sites (tertiary alicyclic amines) is 1. The highest BCUT2D eigenvalue weighted by atomic mass is 16.5. The van der Waals surface area contributed by atoms with Crippen molar-refractivity contribution in [1.82, 2.24) is 44.6 Å². The maximum Gasteiger partial charge on any atom is 0.161 e. The molecule has 0 unspecified atom stereocenters. The maximum atomic E-state index is 6.03. The highest BCUT2D eigenvalue weighted by molar-refractivity contribution is 5.96. The predicted molar refractivity (Wildman–Crippen MR) is 145 cm³/mol. The van der Waals surface area contributed by atoms with Crippen LogP contribution in [0.3, 0.4) is 0 Å². The molecule has 0 radical (unpaired) electrons. The number of imidazole rings is 2. The zero-order chi connectivity index (χ0) is 25.5. The first-order valence-electron chi connectivity index (χ1n) is 12.9. The third kappa shape index (κ3) is 4.18. The van der Waals surface area contributed by atoms with Crippen molar-refractivity contribution in [3.63, 3.8) is 0 Å². The van der Waals surface area contributed by atoms with Gasteiger partial charge in [0.05, 0.1) is 29.4 Å². The first kappa shape index (κ1) is 22.6. The van der Waals surface area contributed by atoms with Gasteiger partial charge in [0.2, 0.25) is 0 Å². The third-order valence-corrected chi connectivity index (χ3v) is 7.06. The fraction of sp³-hybridized carbons (Fsp3) is 0.250. The number of aromatic nitrogens is 8. The van der Waals surface area contributed by atoms with Crippen molar-refractivity contribution in [1.29, 1.82) is 0 Å². The van der Waals surface area contributed by atoms with E-state index in [9.17, 15) is 0 Å². The van der Waals surface area contributed by atoms with Crippen LogP contribution in [0.4, 0.5) is 0 Å². The number of hydrogen-bond acceptors (Lipinski definition) is 7. The highest BCUT2D eigenvalue weighted by Crippen LogP contribution is 2.32. The average molecular weight is 506 g/mol. The summed E-state index contributed by atoms with van der Waals surface area (Å²) in [5, 5.41) is 8.68. The van der Waals surface area contributed by atoms with Gasteiger partial charge in [-0.25, -0.2) is 15.0 Å². The zero-order valence-corrected chi connectivity index (χ0v) is 21.1. The summed E-state index contributed by atoms with van der Waals surface area (Å²) in [4.78, 5) is 24.0. The van der Waals surface area contributed by atoms with Crippen molar-refractivity contribution in [3.05, 3.63) is 67.1 Å². The molecule has 1 aromatic carbocycles. The second-order valence-corrected chi connectivity index (χ2v) is 9.67. The Hall–Kier alpha value is -4.57. The SMILES string of the molecule is Cc1cn(-c2ccnc3[nH]c(-c4n[nH]c5ccc(-c6cncc(OCCN7CCCC7)c6)cc45)nc23)cn1. The summed E-state index contributed by atoms with van der Waals surface area (Å²) in [6, 6.07) is 10.2. The lowest BCUT2D eigenvalue weighted by atomic mass is 10.0. The van der Waals surface area contributed by atoms with E-state index in [0.29, 0.717) is 18.1 Å². The Bertz CT molecular complexity index is 1740. The number of nitrogens with one attached hydrogen (secondary N) is 2. The minimum atomic E-state index is 0.650. The number of aryl methyl sites for hydroxylation is 1. The maximum absolute atomic E-state index is 6.03. The molecule has 1 aliphatic rings. The van der Waals surface area contributed by atoms with Gasteiger partial charge in [-0.15, -0.1) is 0 Å². The van der Waals surface area contributed by atoms with E-state index in [0.717, 1.165) is 56.9 Å². The molecule has 1 fully saturated rings. The number of benzene rings is 1. The second kappa shape index (κ2) is 9.38. The topological polar surface area (TPSA) is 113 Å². The molecule has 10 heteroatoms. The average Bonchev–Trinajstić information content (AvgIpc) is 3.74. The van der Waals surface area contributed by atoms with Crippen molar-refractivity contribution < 1.29 is 4.74 Å². The van der Waals surface area contributed by atoms with Crippen LogP contribution in [0.25, 0.3) is 50.4 Å². The summed E-state index contributed by atoms with van der Waals surface area (Å²) >= 11 is 0. The molecule has 1 aliphatic heterocycles. The van der Waals surface area contributed by atoms with E-state index in [1.165, 1.54) is 25.9 Å². The van der Waals surface area contributed by atoms with Crippen LogP contribution in [-0.2, 0) is 0 Å². The van der Waals surface area contributed by atoms with Gasteiger partial charge in [-0.1, -0.05) is 6.07 Å². The predicted octanol–water partition coefficient (Wildman–Crippen LogP) is 4.53. The first-order valence-corrected chi connectivity index (χ1v) is 12.9. The lowest BCUT2D eigenvalue weighted by molar-refractivity contribution is 0.237. The monoisotopic (exact) mass is 505 g/mol. The van der Waals surface area contributed by atoms with Gasteiger partial charge in [-0.05, 0) is 62.7 Å². The lowest BCUT2D eigenvalue weighted by Crippen LogP contribution is -2.25. The van der Waals surface area contributed by atoms with Gasteiger partial charge in [0.25, 0.3) is 0 Å². The van der Waals surface area contributed by atoms with E-state index in [-0.39, 0.29) is 0 Å². The summed E-state index contributed by atoms with van der Waals surface area (Å²) < 4.78 is 7.98. The number of aromatic amines is 2. The normalized spacial score (nSPS) is 14.1. The fourth-order valence-electron chi connectivity index (χ4n) is 5.10. The molecule has 0 spiro atoms. The number of fused-ring (bicyclic) bond motifs is 2. The zero-order valence-electron chi connectivity index (χ0n) is 21.1. The molecular formula is C28H27N9O. The van der Waals surface area contributed by atoms with Crippen LogP contribution in [0.15, 0.2) is 61.4 Å². The minimum absolute atomic E-state index is 0.650. The van der Waals surface area contributed by atoms with E-state index >= 15 is 0 Å². The van der Waals surface area contributed by atoms with Gasteiger partial charge in [0.1, 0.15) is 23.6 Å². The minimum Gasteiger partial charge on any atom is -0.491 e. The number of H-pyrrole nitrogens is 2. The summed E-state index contributed by atoms with van der Waals surface area (Å²) in [6.45, 7) is 5.91. The Kier molecular flexibility index (Phi) is 5.58. The molecule has 10 nitrogen and oxygen atoms in total. The molecule has 6 aromatic rings. The Labute approximate surface area is 218 Å². The quantitative estimate of drug-likeness (QED) is 0.328. The smallest absolute Gasteiger partial charge is 0.161 e. The van der Waals surface area contributed by atoms with Crippen LogP contribution in [0.1, 0.15) is 18.5 Å². The standard InChI is InChI=1S/C28H27N9O/c1-18-16-37(17-31-18)24-6-7-30-27-26(24)32-28(33-27)25-22-13-19(4-5-23(22)34-35-25)20-12-21(15-29-14-20)38-11-10-36-8-2-3-9-36/h4-7,12-17H,2-3,8-11H2,1H3,(H,34,35)(H,30,32,33). The van der Waals surface area contributed by atoms with E-state index in [1.54, 1.807) is 18.7 Å². The number of pyridine rings is 2. The molecule has 5 aromatic heterocycles. The Morgan fingerprint density at radius 3 is 2.82 bits per heavy atom. The fourth-order valence-corrected chi connectivity index (χ4v) is 5.10. The summed E-state index contributed by atoms with van der Waals surface area (Å²) in [6.07, 6.45) is 11.7. The molecule has 0 amide bonds. The Balaban J connectivity index is 1.20. The lowest BCUT2D eigenvalue weighted by Gasteiger charge is -2.15. The van der Waals surface area contributed by atoms with E-state index < -0.39 is 0 Å². The van der Waals surface area contributed by atoms with Crippen LogP contribution in [0, 0.1) is 6.92 Å². The van der Waals surface area contributed by atoms with Crippen molar-refractivity contribution in [2.24, 2.45) is 0 Å². The molecule has 190 valence electrons. The van der Waals surface area contributed by atoms with Gasteiger partial charge in [-0.3, -0.25) is 15.0 Å². The van der Waals surface area contributed by atoms with E-state index in [1.807, 2.05) is 42.1 Å². The summed E-state index contributed by atoms with van der Waals surface area (Å²) in [5.74, 6) is 1.43. The number of hydrogen-bond donors (Lipinski definition) is 2. The molecular weight excluding hydrogens is 478 g/mol. The summed E-state index contributed by atoms with van der Waals surface area (Å²) in [5.41, 5.74) is 6.98. The number of nitrogens with zero attached hydrogens (tertiary/aromatic N) is 7. The molecule has 1 saturated heterocycles. The van der Waals surface area contributed by atoms with Gasteiger partial charge >= 0.3 is 0 Å². The molecule has 0 atom stereocenters. The van der Waals surface area contributed by atoms with Crippen LogP contribution >= 0.6 is 0 Å².